The molecule has 0 saturated heterocycles. The number of nitrogens with one attached hydrogen (secondary N) is 1. The van der Waals surface area contributed by atoms with E-state index < -0.39 is 15.9 Å². The Balaban J connectivity index is 1.68. The Bertz CT molecular complexity index is 1210. The molecule has 3 rings (SSSR count). The van der Waals surface area contributed by atoms with Crippen molar-refractivity contribution in [1.29, 1.82) is 0 Å². The Kier molecular flexibility index (Phi) is 8.67. The summed E-state index contributed by atoms with van der Waals surface area (Å²) in [4.78, 5) is 12.7. The molecule has 7 nitrogen and oxygen atoms in total. The molecule has 0 aliphatic heterocycles. The largest absolute Gasteiger partial charge is 0.495 e. The number of para-hydroxylation sites is 1. The number of carbonyl (C=O) groups is 1. The summed E-state index contributed by atoms with van der Waals surface area (Å²) in [6.07, 6.45) is 0. The van der Waals surface area contributed by atoms with E-state index in [9.17, 15) is 13.2 Å². The molecule has 1 N–H and O–H groups in total. The van der Waals surface area contributed by atoms with Crippen LogP contribution >= 0.6 is 0 Å². The van der Waals surface area contributed by atoms with Crippen LogP contribution in [0.3, 0.4) is 0 Å². The predicted octanol–water partition coefficient (Wildman–Crippen LogP) is 4.20. The number of amides is 1. The summed E-state index contributed by atoms with van der Waals surface area (Å²) in [5.41, 5.74) is 2.24. The first-order chi connectivity index (χ1) is 16.4. The molecule has 0 aliphatic rings. The second-order valence-corrected chi connectivity index (χ2v) is 9.33. The summed E-state index contributed by atoms with van der Waals surface area (Å²) in [7, 11) is -2.38. The lowest BCUT2D eigenvalue weighted by Crippen LogP contribution is -2.32. The Labute approximate surface area is 201 Å². The molecule has 3 aromatic carbocycles. The van der Waals surface area contributed by atoms with Gasteiger partial charge >= 0.3 is 0 Å². The van der Waals surface area contributed by atoms with E-state index in [1.807, 2.05) is 54.6 Å². The van der Waals surface area contributed by atoms with Crippen molar-refractivity contribution in [2.45, 2.75) is 18.7 Å². The van der Waals surface area contributed by atoms with Gasteiger partial charge in [-0.25, -0.2) is 8.42 Å². The van der Waals surface area contributed by atoms with Crippen LogP contribution in [0, 0.1) is 0 Å². The van der Waals surface area contributed by atoms with E-state index in [4.69, 9.17) is 9.47 Å². The van der Waals surface area contributed by atoms with Crippen molar-refractivity contribution in [2.75, 3.05) is 33.4 Å². The first-order valence-electron chi connectivity index (χ1n) is 11.2. The van der Waals surface area contributed by atoms with Gasteiger partial charge in [0.05, 0.1) is 13.7 Å². The number of ether oxygens (including phenoxy) is 2. The zero-order valence-corrected chi connectivity index (χ0v) is 20.5. The molecular formula is C26H30N2O5S. The van der Waals surface area contributed by atoms with Gasteiger partial charge < -0.3 is 14.8 Å². The molecule has 0 aliphatic carbocycles. The predicted molar refractivity (Wildman–Crippen MR) is 133 cm³/mol. The van der Waals surface area contributed by atoms with Crippen molar-refractivity contribution < 1.29 is 22.7 Å². The fourth-order valence-corrected chi connectivity index (χ4v) is 5.24. The zero-order chi connectivity index (χ0) is 24.6. The number of hydrogen-bond acceptors (Lipinski definition) is 5. The molecule has 0 radical (unpaired) electrons. The average Bonchev–Trinajstić information content (AvgIpc) is 2.87. The first-order valence-corrected chi connectivity index (χ1v) is 12.6. The zero-order valence-electron chi connectivity index (χ0n) is 19.7. The lowest BCUT2D eigenvalue weighted by molar-refractivity contribution is 0.0946. The molecule has 0 bridgehead atoms. The van der Waals surface area contributed by atoms with Gasteiger partial charge in [0.1, 0.15) is 23.0 Å². The third-order valence-corrected chi connectivity index (χ3v) is 7.44. The van der Waals surface area contributed by atoms with E-state index in [-0.39, 0.29) is 29.4 Å². The number of methoxy groups -OCH3 is 1. The Morgan fingerprint density at radius 2 is 1.59 bits per heavy atom. The van der Waals surface area contributed by atoms with Gasteiger partial charge in [0.15, 0.2) is 0 Å². The lowest BCUT2D eigenvalue weighted by Gasteiger charge is -2.20. The van der Waals surface area contributed by atoms with Gasteiger partial charge in [-0.3, -0.25) is 4.79 Å². The van der Waals surface area contributed by atoms with Gasteiger partial charge in [0.25, 0.3) is 5.91 Å². The van der Waals surface area contributed by atoms with Gasteiger partial charge in [-0.2, -0.15) is 4.31 Å². The van der Waals surface area contributed by atoms with Gasteiger partial charge in [0.2, 0.25) is 10.0 Å². The van der Waals surface area contributed by atoms with Crippen LogP contribution in [0.5, 0.6) is 11.5 Å². The van der Waals surface area contributed by atoms with E-state index in [1.165, 1.54) is 23.5 Å². The molecule has 0 heterocycles. The second kappa shape index (κ2) is 11.7. The molecule has 0 unspecified atom stereocenters. The molecule has 0 saturated carbocycles. The lowest BCUT2D eigenvalue weighted by atomic mass is 10.1. The molecule has 1 amide bonds. The molecule has 180 valence electrons. The summed E-state index contributed by atoms with van der Waals surface area (Å²) in [6, 6.07) is 22.0. The number of nitrogens with zero attached hydrogens (tertiary/aromatic N) is 1. The van der Waals surface area contributed by atoms with Crippen LogP contribution < -0.4 is 14.8 Å². The van der Waals surface area contributed by atoms with Crippen LogP contribution in [-0.2, 0) is 10.0 Å². The van der Waals surface area contributed by atoms with E-state index in [2.05, 4.69) is 5.32 Å². The SMILES string of the molecule is CCN(CC)S(=O)(=O)c1cc(C(=O)NCCOc2ccccc2-c2ccccc2)ccc1OC. The summed E-state index contributed by atoms with van der Waals surface area (Å²) in [5.74, 6) is 0.530. The Morgan fingerprint density at radius 3 is 2.26 bits per heavy atom. The highest BCUT2D eigenvalue weighted by atomic mass is 32.2. The summed E-state index contributed by atoms with van der Waals surface area (Å²) in [5, 5.41) is 2.79. The molecular weight excluding hydrogens is 452 g/mol. The summed E-state index contributed by atoms with van der Waals surface area (Å²) in [6.45, 7) is 4.68. The molecule has 8 heteroatoms. The van der Waals surface area contributed by atoms with Crippen molar-refractivity contribution in [3.05, 3.63) is 78.4 Å². The monoisotopic (exact) mass is 482 g/mol. The topological polar surface area (TPSA) is 84.9 Å². The molecule has 0 spiro atoms. The number of sulfonamides is 1. The summed E-state index contributed by atoms with van der Waals surface area (Å²) >= 11 is 0. The Morgan fingerprint density at radius 1 is 0.912 bits per heavy atom. The number of benzene rings is 3. The minimum Gasteiger partial charge on any atom is -0.495 e. The maximum Gasteiger partial charge on any atom is 0.251 e. The van der Waals surface area contributed by atoms with Crippen LogP contribution in [0.15, 0.2) is 77.7 Å². The van der Waals surface area contributed by atoms with Crippen LogP contribution in [0.2, 0.25) is 0 Å². The molecule has 3 aromatic rings. The smallest absolute Gasteiger partial charge is 0.251 e. The van der Waals surface area contributed by atoms with Crippen molar-refractivity contribution in [3.8, 4) is 22.6 Å². The number of rotatable bonds is 11. The van der Waals surface area contributed by atoms with E-state index in [0.717, 1.165) is 16.9 Å². The van der Waals surface area contributed by atoms with Crippen LogP contribution in [0.1, 0.15) is 24.2 Å². The third kappa shape index (κ3) is 5.76. The van der Waals surface area contributed by atoms with Crippen LogP contribution in [0.25, 0.3) is 11.1 Å². The second-order valence-electron chi connectivity index (χ2n) is 7.42. The standard InChI is InChI=1S/C26H30N2O5S/c1-4-28(5-2)34(30,31)25-19-21(15-16-24(25)32-3)26(29)27-17-18-33-23-14-10-9-13-22(23)20-11-7-6-8-12-20/h6-16,19H,4-5,17-18H2,1-3H3,(H,27,29). The van der Waals surface area contributed by atoms with Crippen LogP contribution in [-0.4, -0.2) is 52.0 Å². The quantitative estimate of drug-likeness (QED) is 0.414. The van der Waals surface area contributed by atoms with Crippen molar-refractivity contribution >= 4 is 15.9 Å². The van der Waals surface area contributed by atoms with Crippen molar-refractivity contribution in [3.63, 3.8) is 0 Å². The van der Waals surface area contributed by atoms with Crippen molar-refractivity contribution in [2.24, 2.45) is 0 Å². The number of hydrogen-bond donors (Lipinski definition) is 1. The molecule has 34 heavy (non-hydrogen) atoms. The van der Waals surface area contributed by atoms with E-state index in [1.54, 1.807) is 19.9 Å². The van der Waals surface area contributed by atoms with Crippen LogP contribution in [0.4, 0.5) is 0 Å². The summed E-state index contributed by atoms with van der Waals surface area (Å²) < 4.78 is 38.5. The molecule has 0 fully saturated rings. The highest BCUT2D eigenvalue weighted by molar-refractivity contribution is 7.89. The maximum atomic E-state index is 13.0. The minimum atomic E-state index is -3.79. The van der Waals surface area contributed by atoms with E-state index >= 15 is 0 Å². The third-order valence-electron chi connectivity index (χ3n) is 5.37. The van der Waals surface area contributed by atoms with E-state index in [0.29, 0.717) is 13.1 Å². The van der Waals surface area contributed by atoms with Gasteiger partial charge in [0, 0.05) is 24.2 Å². The minimum absolute atomic E-state index is 0.0283. The molecule has 0 atom stereocenters. The Hall–Kier alpha value is -3.36. The highest BCUT2D eigenvalue weighted by Gasteiger charge is 2.26. The fraction of sp³-hybridized carbons (Fsp3) is 0.269. The number of carbonyl (C=O) groups excluding carboxylic acids is 1. The highest BCUT2D eigenvalue weighted by Crippen LogP contribution is 2.30. The maximum absolute atomic E-state index is 13.0. The normalized spacial score (nSPS) is 11.3. The molecule has 0 aromatic heterocycles. The average molecular weight is 483 g/mol. The van der Waals surface area contributed by atoms with Gasteiger partial charge in [-0.05, 0) is 29.8 Å². The van der Waals surface area contributed by atoms with Crippen molar-refractivity contribution in [1.82, 2.24) is 9.62 Å². The van der Waals surface area contributed by atoms with Gasteiger partial charge in [-0.1, -0.05) is 62.4 Å². The van der Waals surface area contributed by atoms with Gasteiger partial charge in [-0.15, -0.1) is 0 Å². The first kappa shape index (κ1) is 25.3. The fourth-order valence-electron chi connectivity index (χ4n) is 3.60.